The quantitative estimate of drug-likeness (QED) is 0.732. The summed E-state index contributed by atoms with van der Waals surface area (Å²) in [5, 5.41) is 3.93. The first-order valence-electron chi connectivity index (χ1n) is 8.60. The molecule has 0 spiro atoms. The van der Waals surface area contributed by atoms with E-state index in [1.165, 1.54) is 4.68 Å². The molecule has 27 heavy (non-hydrogen) atoms. The van der Waals surface area contributed by atoms with Crippen LogP contribution in [0.3, 0.4) is 0 Å². The molecule has 6 nitrogen and oxygen atoms in total. The second kappa shape index (κ2) is 6.11. The van der Waals surface area contributed by atoms with E-state index in [0.29, 0.717) is 0 Å². The predicted octanol–water partition coefficient (Wildman–Crippen LogP) is 2.83. The molecule has 9 heteroatoms. The summed E-state index contributed by atoms with van der Waals surface area (Å²) in [5.74, 6) is 0.192. The molecular weight excluding hydrogens is 361 g/mol. The van der Waals surface area contributed by atoms with Gasteiger partial charge in [0.05, 0.1) is 18.2 Å². The molecule has 2 aromatic heterocycles. The van der Waals surface area contributed by atoms with Crippen LogP contribution >= 0.6 is 0 Å². The highest BCUT2D eigenvalue weighted by molar-refractivity contribution is 5.77. The van der Waals surface area contributed by atoms with E-state index in [1.807, 2.05) is 36.2 Å². The molecule has 1 aliphatic carbocycles. The molecule has 0 saturated heterocycles. The van der Waals surface area contributed by atoms with Crippen LogP contribution in [0.15, 0.2) is 33.9 Å². The van der Waals surface area contributed by atoms with Crippen molar-refractivity contribution in [3.63, 3.8) is 0 Å². The third kappa shape index (κ3) is 3.41. The van der Waals surface area contributed by atoms with Crippen LogP contribution in [0.1, 0.15) is 35.7 Å². The van der Waals surface area contributed by atoms with E-state index in [9.17, 15) is 22.8 Å². The number of aromatic amines is 2. The molecule has 0 unspecified atom stereocenters. The molecule has 142 valence electrons. The molecular formula is C18H17F3N4O2. The third-order valence-electron chi connectivity index (χ3n) is 4.79. The molecule has 0 radical (unpaired) electrons. The molecule has 0 bridgehead atoms. The first-order chi connectivity index (χ1) is 12.7. The summed E-state index contributed by atoms with van der Waals surface area (Å²) in [4.78, 5) is 28.4. The monoisotopic (exact) mass is 378 g/mol. The number of H-pyrrole nitrogens is 2. The minimum absolute atomic E-state index is 0.0282. The number of aromatic nitrogens is 4. The number of nitrogens with zero attached hydrogens (tertiary/aromatic N) is 2. The number of aryl methyl sites for hydroxylation is 1. The van der Waals surface area contributed by atoms with E-state index < -0.39 is 23.8 Å². The second-order valence-corrected chi connectivity index (χ2v) is 7.01. The van der Waals surface area contributed by atoms with Gasteiger partial charge in [0, 0.05) is 0 Å². The maximum Gasteiger partial charge on any atom is 0.394 e. The Morgan fingerprint density at radius 1 is 1.19 bits per heavy atom. The van der Waals surface area contributed by atoms with Crippen molar-refractivity contribution in [1.82, 2.24) is 19.7 Å². The summed E-state index contributed by atoms with van der Waals surface area (Å²) in [5.41, 5.74) is -0.0509. The fraction of sp³-hybridized carbons (Fsp3) is 0.389. The lowest BCUT2D eigenvalue weighted by atomic mass is 10.0. The lowest BCUT2D eigenvalue weighted by Crippen LogP contribution is -2.24. The van der Waals surface area contributed by atoms with Crippen molar-refractivity contribution in [3.05, 3.63) is 61.9 Å². The Hall–Kier alpha value is -2.84. The first-order valence-corrected chi connectivity index (χ1v) is 8.60. The summed E-state index contributed by atoms with van der Waals surface area (Å²) in [6.45, 7) is 1.94. The van der Waals surface area contributed by atoms with Gasteiger partial charge in [-0.05, 0) is 31.2 Å². The SMILES string of the molecule is Cc1ccc([C@@H](C2CC2)n2nc(CC(F)(F)F)c3c(=O)[nH]c(=O)[nH]c32)cc1. The molecule has 2 heterocycles. The van der Waals surface area contributed by atoms with Gasteiger partial charge in [0.15, 0.2) is 0 Å². The standard InChI is InChI=1S/C18H17F3N4O2/c1-9-2-4-10(5-3-9)14(11-6-7-11)25-15-13(16(26)23-17(27)22-15)12(24-25)8-18(19,20)21/h2-5,11,14H,6-8H2,1H3,(H2,22,23,26,27)/t14-/m0/s1. The fourth-order valence-electron chi connectivity index (χ4n) is 3.45. The molecule has 1 aromatic carbocycles. The van der Waals surface area contributed by atoms with Crippen LogP contribution in [0.5, 0.6) is 0 Å². The zero-order valence-electron chi connectivity index (χ0n) is 14.4. The lowest BCUT2D eigenvalue weighted by molar-refractivity contribution is -0.127. The van der Waals surface area contributed by atoms with Crippen LogP contribution in [0.4, 0.5) is 13.2 Å². The summed E-state index contributed by atoms with van der Waals surface area (Å²) in [6, 6.07) is 7.30. The summed E-state index contributed by atoms with van der Waals surface area (Å²) in [7, 11) is 0. The normalized spacial score (nSPS) is 16.0. The van der Waals surface area contributed by atoms with Crippen LogP contribution in [0.25, 0.3) is 11.0 Å². The average molecular weight is 378 g/mol. The second-order valence-electron chi connectivity index (χ2n) is 7.01. The zero-order valence-corrected chi connectivity index (χ0v) is 14.4. The number of nitrogens with one attached hydrogen (secondary N) is 2. The number of hydrogen-bond donors (Lipinski definition) is 2. The Morgan fingerprint density at radius 3 is 2.44 bits per heavy atom. The minimum Gasteiger partial charge on any atom is -0.292 e. The third-order valence-corrected chi connectivity index (χ3v) is 4.79. The van der Waals surface area contributed by atoms with Crippen molar-refractivity contribution >= 4 is 11.0 Å². The highest BCUT2D eigenvalue weighted by atomic mass is 19.4. The van der Waals surface area contributed by atoms with Gasteiger partial charge in [0.2, 0.25) is 0 Å². The van der Waals surface area contributed by atoms with Gasteiger partial charge in [0.1, 0.15) is 11.0 Å². The van der Waals surface area contributed by atoms with Crippen molar-refractivity contribution in [1.29, 1.82) is 0 Å². The maximum atomic E-state index is 13.0. The molecule has 1 atom stereocenters. The Balaban J connectivity index is 1.95. The molecule has 4 rings (SSSR count). The maximum absolute atomic E-state index is 13.0. The summed E-state index contributed by atoms with van der Waals surface area (Å²) in [6.07, 6.45) is -4.05. The predicted molar refractivity (Wildman–Crippen MR) is 92.8 cm³/mol. The highest BCUT2D eigenvalue weighted by Gasteiger charge is 2.38. The summed E-state index contributed by atoms with van der Waals surface area (Å²) >= 11 is 0. The molecule has 0 amide bonds. The van der Waals surface area contributed by atoms with E-state index in [4.69, 9.17) is 0 Å². The number of fused-ring (bicyclic) bond motifs is 1. The Kier molecular flexibility index (Phi) is 3.97. The Labute approximate surface area is 151 Å². The van der Waals surface area contributed by atoms with E-state index in [0.717, 1.165) is 24.0 Å². The fourth-order valence-corrected chi connectivity index (χ4v) is 3.45. The van der Waals surface area contributed by atoms with E-state index in [2.05, 4.69) is 10.1 Å². The van der Waals surface area contributed by atoms with Crippen LogP contribution in [-0.4, -0.2) is 25.9 Å². The van der Waals surface area contributed by atoms with Gasteiger partial charge in [-0.3, -0.25) is 14.8 Å². The molecule has 3 aromatic rings. The Bertz CT molecular complexity index is 1100. The van der Waals surface area contributed by atoms with Gasteiger partial charge >= 0.3 is 11.9 Å². The van der Waals surface area contributed by atoms with Gasteiger partial charge in [-0.15, -0.1) is 0 Å². The van der Waals surface area contributed by atoms with Crippen molar-refractivity contribution in [2.24, 2.45) is 5.92 Å². The van der Waals surface area contributed by atoms with Gasteiger partial charge in [-0.1, -0.05) is 29.8 Å². The topological polar surface area (TPSA) is 83.5 Å². The van der Waals surface area contributed by atoms with Crippen LogP contribution in [-0.2, 0) is 6.42 Å². The molecule has 1 aliphatic rings. The van der Waals surface area contributed by atoms with Crippen LogP contribution in [0.2, 0.25) is 0 Å². The van der Waals surface area contributed by atoms with E-state index in [1.54, 1.807) is 0 Å². The van der Waals surface area contributed by atoms with Crippen LogP contribution in [0, 0.1) is 12.8 Å². The van der Waals surface area contributed by atoms with Crippen molar-refractivity contribution in [3.8, 4) is 0 Å². The van der Waals surface area contributed by atoms with Gasteiger partial charge in [-0.25, -0.2) is 9.48 Å². The molecule has 2 N–H and O–H groups in total. The minimum atomic E-state index is -4.52. The van der Waals surface area contributed by atoms with Crippen molar-refractivity contribution < 1.29 is 13.2 Å². The number of halogens is 3. The van der Waals surface area contributed by atoms with Gasteiger partial charge < -0.3 is 0 Å². The Morgan fingerprint density at radius 2 is 1.85 bits per heavy atom. The van der Waals surface area contributed by atoms with Crippen molar-refractivity contribution in [2.45, 2.75) is 38.4 Å². The highest BCUT2D eigenvalue weighted by Crippen LogP contribution is 2.44. The largest absolute Gasteiger partial charge is 0.394 e. The molecule has 1 fully saturated rings. The van der Waals surface area contributed by atoms with E-state index in [-0.39, 0.29) is 28.7 Å². The van der Waals surface area contributed by atoms with E-state index >= 15 is 0 Å². The number of alkyl halides is 3. The van der Waals surface area contributed by atoms with Crippen molar-refractivity contribution in [2.75, 3.05) is 0 Å². The molecule has 1 saturated carbocycles. The van der Waals surface area contributed by atoms with Gasteiger partial charge in [-0.2, -0.15) is 18.3 Å². The van der Waals surface area contributed by atoms with Gasteiger partial charge in [0.25, 0.3) is 5.56 Å². The van der Waals surface area contributed by atoms with Crippen LogP contribution < -0.4 is 11.2 Å². The number of rotatable bonds is 4. The lowest BCUT2D eigenvalue weighted by Gasteiger charge is -2.18. The smallest absolute Gasteiger partial charge is 0.292 e. The molecule has 0 aliphatic heterocycles. The number of hydrogen-bond acceptors (Lipinski definition) is 3. The number of benzene rings is 1. The zero-order chi connectivity index (χ0) is 19.3. The first kappa shape index (κ1) is 17.6. The summed E-state index contributed by atoms with van der Waals surface area (Å²) < 4.78 is 40.4. The average Bonchev–Trinajstić information content (AvgIpc) is 3.32.